The lowest BCUT2D eigenvalue weighted by molar-refractivity contribution is 0.0933. The molecule has 0 unspecified atom stereocenters. The van der Waals surface area contributed by atoms with Crippen molar-refractivity contribution in [3.05, 3.63) is 65.2 Å². The van der Waals surface area contributed by atoms with Crippen LogP contribution in [0.15, 0.2) is 48.5 Å². The Labute approximate surface area is 204 Å². The number of nitrogens with one attached hydrogen (secondary N) is 2. The molecule has 2 aliphatic rings. The Kier molecular flexibility index (Phi) is 12.3. The summed E-state index contributed by atoms with van der Waals surface area (Å²) in [4.78, 5) is 17.6. The molecule has 2 heterocycles. The molecule has 8 heteroatoms. The highest BCUT2D eigenvalue weighted by Gasteiger charge is 2.19. The van der Waals surface area contributed by atoms with E-state index in [-0.39, 0.29) is 43.1 Å². The van der Waals surface area contributed by atoms with Crippen LogP contribution in [0.2, 0.25) is 0 Å². The number of fused-ring (bicyclic) bond motifs is 1. The van der Waals surface area contributed by atoms with Gasteiger partial charge >= 0.3 is 0 Å². The molecule has 31 heavy (non-hydrogen) atoms. The largest absolute Gasteiger partial charge is 0.385 e. The Hall–Kier alpha value is -1.50. The highest BCUT2D eigenvalue weighted by atomic mass is 35.5. The molecule has 1 saturated heterocycles. The zero-order valence-corrected chi connectivity index (χ0v) is 20.2. The van der Waals surface area contributed by atoms with Crippen molar-refractivity contribution in [2.45, 2.75) is 19.4 Å². The van der Waals surface area contributed by atoms with Gasteiger partial charge in [0.1, 0.15) is 0 Å². The van der Waals surface area contributed by atoms with Crippen LogP contribution in [0.4, 0.5) is 5.69 Å². The lowest BCUT2D eigenvalue weighted by Crippen LogP contribution is -2.48. The van der Waals surface area contributed by atoms with Gasteiger partial charge in [0.2, 0.25) is 0 Å². The SMILES string of the molecule is Cl.Cl.Cl.O=C(NCCN1CCN(Cc2ccccc2)CC1)c1cccc2c1CCCN2. The van der Waals surface area contributed by atoms with Gasteiger partial charge < -0.3 is 10.6 Å². The van der Waals surface area contributed by atoms with E-state index >= 15 is 0 Å². The first-order valence-corrected chi connectivity index (χ1v) is 10.4. The van der Waals surface area contributed by atoms with E-state index in [1.807, 2.05) is 12.1 Å². The summed E-state index contributed by atoms with van der Waals surface area (Å²) in [5.41, 5.74) is 4.50. The molecule has 0 spiro atoms. The molecule has 0 radical (unpaired) electrons. The Balaban J connectivity index is 0.00000160. The molecule has 1 fully saturated rings. The van der Waals surface area contributed by atoms with Crippen LogP contribution in [-0.2, 0) is 13.0 Å². The normalized spacial score (nSPS) is 15.9. The summed E-state index contributed by atoms with van der Waals surface area (Å²) in [5.74, 6) is 0.0586. The average Bonchev–Trinajstić information content (AvgIpc) is 2.75. The first-order valence-electron chi connectivity index (χ1n) is 10.4. The minimum absolute atomic E-state index is 0. The van der Waals surface area contributed by atoms with E-state index in [2.05, 4.69) is 56.8 Å². The molecular formula is C23H33Cl3N4O. The summed E-state index contributed by atoms with van der Waals surface area (Å²) in [7, 11) is 0. The minimum atomic E-state index is 0. The van der Waals surface area contributed by atoms with Crippen molar-refractivity contribution in [3.8, 4) is 0 Å². The fourth-order valence-corrected chi connectivity index (χ4v) is 4.16. The van der Waals surface area contributed by atoms with Crippen LogP contribution in [0.5, 0.6) is 0 Å². The monoisotopic (exact) mass is 486 g/mol. The topological polar surface area (TPSA) is 47.6 Å². The zero-order valence-electron chi connectivity index (χ0n) is 17.7. The standard InChI is InChI=1S/C23H30N4O.3ClH/c28-23(21-8-4-10-22-20(21)9-5-11-24-22)25-12-13-26-14-16-27(17-15-26)18-19-6-2-1-3-7-19;;;/h1-4,6-8,10,24H,5,9,11-18H2,(H,25,28);3*1H. The Morgan fingerprint density at radius 2 is 1.61 bits per heavy atom. The number of piperazine rings is 1. The summed E-state index contributed by atoms with van der Waals surface area (Å²) >= 11 is 0. The van der Waals surface area contributed by atoms with Crippen molar-refractivity contribution in [2.24, 2.45) is 0 Å². The summed E-state index contributed by atoms with van der Waals surface area (Å²) in [5, 5.41) is 6.52. The fraction of sp³-hybridized carbons (Fsp3) is 0.435. The number of nitrogens with zero attached hydrogens (tertiary/aromatic N) is 2. The van der Waals surface area contributed by atoms with Gasteiger partial charge in [-0.05, 0) is 36.1 Å². The van der Waals surface area contributed by atoms with Crippen LogP contribution < -0.4 is 10.6 Å². The van der Waals surface area contributed by atoms with E-state index in [1.54, 1.807) is 0 Å². The van der Waals surface area contributed by atoms with Crippen LogP contribution >= 0.6 is 37.2 Å². The molecule has 4 rings (SSSR count). The van der Waals surface area contributed by atoms with Crippen LogP contribution in [0.3, 0.4) is 0 Å². The number of rotatable bonds is 6. The first-order chi connectivity index (χ1) is 13.8. The van der Waals surface area contributed by atoms with Gasteiger partial charge in [-0.25, -0.2) is 0 Å². The van der Waals surface area contributed by atoms with E-state index in [1.165, 1.54) is 11.1 Å². The average molecular weight is 488 g/mol. The quantitative estimate of drug-likeness (QED) is 0.650. The van der Waals surface area contributed by atoms with Crippen LogP contribution in [-0.4, -0.2) is 61.5 Å². The summed E-state index contributed by atoms with van der Waals surface area (Å²) in [6.45, 7) is 7.93. The predicted octanol–water partition coefficient (Wildman–Crippen LogP) is 3.86. The van der Waals surface area contributed by atoms with Crippen molar-refractivity contribution in [1.82, 2.24) is 15.1 Å². The number of halogens is 3. The molecule has 172 valence electrons. The van der Waals surface area contributed by atoms with E-state index in [4.69, 9.17) is 0 Å². The third kappa shape index (κ3) is 7.55. The Morgan fingerprint density at radius 1 is 0.903 bits per heavy atom. The lowest BCUT2D eigenvalue weighted by Gasteiger charge is -2.34. The van der Waals surface area contributed by atoms with Crippen LogP contribution in [0, 0.1) is 0 Å². The minimum Gasteiger partial charge on any atom is -0.385 e. The molecule has 5 nitrogen and oxygen atoms in total. The van der Waals surface area contributed by atoms with Crippen LogP contribution in [0.25, 0.3) is 0 Å². The fourth-order valence-electron chi connectivity index (χ4n) is 4.16. The van der Waals surface area contributed by atoms with Gasteiger partial charge in [0.25, 0.3) is 5.91 Å². The zero-order chi connectivity index (χ0) is 19.2. The first kappa shape index (κ1) is 27.5. The van der Waals surface area contributed by atoms with Gasteiger partial charge in [-0.15, -0.1) is 37.2 Å². The highest BCUT2D eigenvalue weighted by Crippen LogP contribution is 2.25. The third-order valence-corrected chi connectivity index (χ3v) is 5.77. The molecular weight excluding hydrogens is 455 g/mol. The van der Waals surface area contributed by atoms with Crippen molar-refractivity contribution in [2.75, 3.05) is 51.1 Å². The maximum absolute atomic E-state index is 12.6. The number of carbonyl (C=O) groups excluding carboxylic acids is 1. The van der Waals surface area contributed by atoms with Gasteiger partial charge in [-0.3, -0.25) is 14.6 Å². The van der Waals surface area contributed by atoms with E-state index in [9.17, 15) is 4.79 Å². The number of hydrogen-bond acceptors (Lipinski definition) is 4. The van der Waals surface area contributed by atoms with Gasteiger partial charge in [0.15, 0.2) is 0 Å². The van der Waals surface area contributed by atoms with Crippen LogP contribution in [0.1, 0.15) is 27.9 Å². The van der Waals surface area contributed by atoms with Crippen molar-refractivity contribution >= 4 is 48.8 Å². The van der Waals surface area contributed by atoms with Crippen molar-refractivity contribution in [1.29, 1.82) is 0 Å². The maximum Gasteiger partial charge on any atom is 0.251 e. The molecule has 2 N–H and O–H groups in total. The molecule has 1 amide bonds. The van der Waals surface area contributed by atoms with Gasteiger partial charge in [-0.1, -0.05) is 36.4 Å². The predicted molar refractivity (Wildman–Crippen MR) is 135 cm³/mol. The van der Waals surface area contributed by atoms with E-state index in [0.717, 1.165) is 69.9 Å². The number of anilines is 1. The Morgan fingerprint density at radius 3 is 2.35 bits per heavy atom. The van der Waals surface area contributed by atoms with Crippen molar-refractivity contribution < 1.29 is 4.79 Å². The lowest BCUT2D eigenvalue weighted by atomic mass is 9.97. The van der Waals surface area contributed by atoms with E-state index < -0.39 is 0 Å². The molecule has 2 aromatic rings. The molecule has 0 aromatic heterocycles. The molecule has 0 aliphatic carbocycles. The number of benzene rings is 2. The number of amides is 1. The molecule has 2 aliphatic heterocycles. The molecule has 0 atom stereocenters. The Bertz CT molecular complexity index is 799. The maximum atomic E-state index is 12.6. The number of carbonyl (C=O) groups is 1. The summed E-state index contributed by atoms with van der Waals surface area (Å²) in [6, 6.07) is 16.7. The second-order valence-corrected chi connectivity index (χ2v) is 7.72. The smallest absolute Gasteiger partial charge is 0.251 e. The van der Waals surface area contributed by atoms with Crippen molar-refractivity contribution in [3.63, 3.8) is 0 Å². The van der Waals surface area contributed by atoms with E-state index in [0.29, 0.717) is 6.54 Å². The third-order valence-electron chi connectivity index (χ3n) is 5.77. The highest BCUT2D eigenvalue weighted by molar-refractivity contribution is 5.97. The second-order valence-electron chi connectivity index (χ2n) is 7.72. The van der Waals surface area contributed by atoms with Gasteiger partial charge in [0.05, 0.1) is 0 Å². The summed E-state index contributed by atoms with van der Waals surface area (Å²) in [6.07, 6.45) is 2.07. The van der Waals surface area contributed by atoms with Gasteiger partial charge in [-0.2, -0.15) is 0 Å². The molecule has 0 saturated carbocycles. The number of hydrogen-bond donors (Lipinski definition) is 2. The molecule has 2 aromatic carbocycles. The second kappa shape index (κ2) is 13.8. The summed E-state index contributed by atoms with van der Waals surface area (Å²) < 4.78 is 0. The van der Waals surface area contributed by atoms with Gasteiger partial charge in [0, 0.05) is 63.6 Å². The molecule has 0 bridgehead atoms.